The van der Waals surface area contributed by atoms with E-state index in [0.717, 1.165) is 36.5 Å². The van der Waals surface area contributed by atoms with Gasteiger partial charge >= 0.3 is 0 Å². The van der Waals surface area contributed by atoms with E-state index in [2.05, 4.69) is 13.8 Å². The van der Waals surface area contributed by atoms with Crippen molar-refractivity contribution in [1.29, 1.82) is 0 Å². The average Bonchev–Trinajstić information content (AvgIpc) is 2.37. The first-order valence-electron chi connectivity index (χ1n) is 6.44. The molecule has 0 bridgehead atoms. The van der Waals surface area contributed by atoms with Crippen LogP contribution in [0.3, 0.4) is 0 Å². The first kappa shape index (κ1) is 14.9. The Morgan fingerprint density at radius 2 is 1.83 bits per heavy atom. The maximum absolute atomic E-state index is 12.1. The van der Waals surface area contributed by atoms with E-state index in [-0.39, 0.29) is 5.91 Å². The molecule has 0 saturated carbocycles. The van der Waals surface area contributed by atoms with E-state index in [1.807, 2.05) is 29.2 Å². The normalized spacial score (nSPS) is 10.3. The van der Waals surface area contributed by atoms with Crippen molar-refractivity contribution >= 4 is 23.4 Å². The molecule has 4 heteroatoms. The number of anilines is 1. The summed E-state index contributed by atoms with van der Waals surface area (Å²) in [5, 5.41) is 0. The standard InChI is InChI=1S/C14H22N2OS/c1-3-9-16(10-4-2)14(17)11-18-13-8-6-5-7-12(13)15/h5-8H,3-4,9-11,15H2,1-2H3. The smallest absolute Gasteiger partial charge is 0.232 e. The van der Waals surface area contributed by atoms with Gasteiger partial charge in [0.2, 0.25) is 5.91 Å². The second-order valence-corrected chi connectivity index (χ2v) is 5.22. The topological polar surface area (TPSA) is 46.3 Å². The molecule has 0 unspecified atom stereocenters. The van der Waals surface area contributed by atoms with Crippen molar-refractivity contribution in [3.63, 3.8) is 0 Å². The molecule has 0 aliphatic heterocycles. The molecule has 100 valence electrons. The van der Waals surface area contributed by atoms with Gasteiger partial charge in [-0.15, -0.1) is 11.8 Å². The molecule has 1 aromatic carbocycles. The van der Waals surface area contributed by atoms with Crippen molar-refractivity contribution in [2.24, 2.45) is 0 Å². The Kier molecular flexibility index (Phi) is 6.65. The van der Waals surface area contributed by atoms with Crippen LogP contribution in [0.5, 0.6) is 0 Å². The highest BCUT2D eigenvalue weighted by atomic mass is 32.2. The molecule has 0 radical (unpaired) electrons. The van der Waals surface area contributed by atoms with Gasteiger partial charge in [0.25, 0.3) is 0 Å². The lowest BCUT2D eigenvalue weighted by molar-refractivity contribution is -0.128. The fourth-order valence-electron chi connectivity index (χ4n) is 1.74. The maximum Gasteiger partial charge on any atom is 0.232 e. The lowest BCUT2D eigenvalue weighted by atomic mass is 10.3. The molecule has 0 saturated heterocycles. The minimum absolute atomic E-state index is 0.201. The molecular formula is C14H22N2OS. The van der Waals surface area contributed by atoms with Gasteiger partial charge in [0, 0.05) is 23.7 Å². The van der Waals surface area contributed by atoms with Crippen LogP contribution < -0.4 is 5.73 Å². The van der Waals surface area contributed by atoms with Crippen LogP contribution in [0.2, 0.25) is 0 Å². The third-order valence-corrected chi connectivity index (χ3v) is 3.68. The number of amides is 1. The Bertz CT molecular complexity index is 376. The number of nitrogens with two attached hydrogens (primary N) is 1. The third kappa shape index (κ3) is 4.61. The van der Waals surface area contributed by atoms with Gasteiger partial charge < -0.3 is 10.6 Å². The summed E-state index contributed by atoms with van der Waals surface area (Å²) >= 11 is 1.52. The predicted molar refractivity (Wildman–Crippen MR) is 78.7 cm³/mol. The SMILES string of the molecule is CCCN(CCC)C(=O)CSc1ccccc1N. The molecule has 3 nitrogen and oxygen atoms in total. The average molecular weight is 266 g/mol. The molecular weight excluding hydrogens is 244 g/mol. The maximum atomic E-state index is 12.1. The molecule has 0 heterocycles. The summed E-state index contributed by atoms with van der Waals surface area (Å²) < 4.78 is 0. The first-order valence-corrected chi connectivity index (χ1v) is 7.42. The van der Waals surface area contributed by atoms with Crippen LogP contribution in [0.15, 0.2) is 29.2 Å². The Balaban J connectivity index is 2.51. The van der Waals surface area contributed by atoms with E-state index in [4.69, 9.17) is 5.73 Å². The fraction of sp³-hybridized carbons (Fsp3) is 0.500. The van der Waals surface area contributed by atoms with E-state index < -0.39 is 0 Å². The number of hydrogen-bond donors (Lipinski definition) is 1. The van der Waals surface area contributed by atoms with E-state index in [1.54, 1.807) is 0 Å². The number of thioether (sulfide) groups is 1. The summed E-state index contributed by atoms with van der Waals surface area (Å²) in [4.78, 5) is 15.0. The molecule has 0 spiro atoms. The number of rotatable bonds is 7. The second-order valence-electron chi connectivity index (χ2n) is 4.21. The van der Waals surface area contributed by atoms with Crippen molar-refractivity contribution in [1.82, 2.24) is 4.90 Å². The molecule has 1 rings (SSSR count). The molecule has 1 amide bonds. The minimum Gasteiger partial charge on any atom is -0.398 e. The molecule has 2 N–H and O–H groups in total. The summed E-state index contributed by atoms with van der Waals surface area (Å²) in [5.41, 5.74) is 6.60. The van der Waals surface area contributed by atoms with Gasteiger partial charge in [-0.1, -0.05) is 26.0 Å². The number of benzene rings is 1. The second kappa shape index (κ2) is 8.03. The fourth-order valence-corrected chi connectivity index (χ4v) is 2.61. The highest BCUT2D eigenvalue weighted by Gasteiger charge is 2.12. The summed E-state index contributed by atoms with van der Waals surface area (Å²) in [6, 6.07) is 7.67. The Hall–Kier alpha value is -1.16. The van der Waals surface area contributed by atoms with Crippen LogP contribution >= 0.6 is 11.8 Å². The zero-order valence-electron chi connectivity index (χ0n) is 11.2. The van der Waals surface area contributed by atoms with Gasteiger partial charge in [-0.05, 0) is 25.0 Å². The molecule has 18 heavy (non-hydrogen) atoms. The highest BCUT2D eigenvalue weighted by molar-refractivity contribution is 8.00. The Labute approximate surface area is 114 Å². The lowest BCUT2D eigenvalue weighted by Gasteiger charge is -2.21. The number of para-hydroxylation sites is 1. The van der Waals surface area contributed by atoms with Crippen molar-refractivity contribution < 1.29 is 4.79 Å². The number of hydrogen-bond acceptors (Lipinski definition) is 3. The van der Waals surface area contributed by atoms with Crippen molar-refractivity contribution in [3.8, 4) is 0 Å². The van der Waals surface area contributed by atoms with Gasteiger partial charge in [-0.3, -0.25) is 4.79 Å². The van der Waals surface area contributed by atoms with Crippen LogP contribution in [0.4, 0.5) is 5.69 Å². The Morgan fingerprint density at radius 1 is 1.22 bits per heavy atom. The quantitative estimate of drug-likeness (QED) is 0.609. The predicted octanol–water partition coefficient (Wildman–Crippen LogP) is 3.01. The van der Waals surface area contributed by atoms with Gasteiger partial charge in [-0.25, -0.2) is 0 Å². The molecule has 1 aromatic rings. The van der Waals surface area contributed by atoms with E-state index in [0.29, 0.717) is 5.75 Å². The monoisotopic (exact) mass is 266 g/mol. The van der Waals surface area contributed by atoms with Gasteiger partial charge in [0.05, 0.1) is 5.75 Å². The summed E-state index contributed by atoms with van der Waals surface area (Å²) in [6.07, 6.45) is 2.01. The van der Waals surface area contributed by atoms with E-state index >= 15 is 0 Å². The number of carbonyl (C=O) groups excluding carboxylic acids is 1. The zero-order chi connectivity index (χ0) is 13.4. The summed E-state index contributed by atoms with van der Waals surface area (Å²) in [5.74, 6) is 0.667. The van der Waals surface area contributed by atoms with Gasteiger partial charge in [0.1, 0.15) is 0 Å². The van der Waals surface area contributed by atoms with Crippen molar-refractivity contribution in [2.75, 3.05) is 24.6 Å². The number of nitrogen functional groups attached to an aromatic ring is 1. The number of carbonyl (C=O) groups is 1. The molecule has 0 fully saturated rings. The summed E-state index contributed by atoms with van der Waals surface area (Å²) in [7, 11) is 0. The van der Waals surface area contributed by atoms with Crippen molar-refractivity contribution in [2.45, 2.75) is 31.6 Å². The molecule has 0 aromatic heterocycles. The Morgan fingerprint density at radius 3 is 2.39 bits per heavy atom. The van der Waals surface area contributed by atoms with E-state index in [1.165, 1.54) is 11.8 Å². The molecule has 0 aliphatic carbocycles. The molecule has 0 atom stereocenters. The first-order chi connectivity index (χ1) is 8.69. The minimum atomic E-state index is 0.201. The van der Waals surface area contributed by atoms with Crippen LogP contribution in [-0.4, -0.2) is 29.6 Å². The van der Waals surface area contributed by atoms with Crippen molar-refractivity contribution in [3.05, 3.63) is 24.3 Å². The van der Waals surface area contributed by atoms with Crippen LogP contribution in [0.25, 0.3) is 0 Å². The third-order valence-electron chi connectivity index (χ3n) is 2.61. The van der Waals surface area contributed by atoms with E-state index in [9.17, 15) is 4.79 Å². The highest BCUT2D eigenvalue weighted by Crippen LogP contribution is 2.24. The summed E-state index contributed by atoms with van der Waals surface area (Å²) in [6.45, 7) is 5.88. The molecule has 0 aliphatic rings. The van der Waals surface area contributed by atoms with Gasteiger partial charge in [-0.2, -0.15) is 0 Å². The van der Waals surface area contributed by atoms with Crippen LogP contribution in [0, 0.1) is 0 Å². The van der Waals surface area contributed by atoms with Crippen LogP contribution in [0.1, 0.15) is 26.7 Å². The van der Waals surface area contributed by atoms with Gasteiger partial charge in [0.15, 0.2) is 0 Å². The largest absolute Gasteiger partial charge is 0.398 e. The lowest BCUT2D eigenvalue weighted by Crippen LogP contribution is -2.33. The van der Waals surface area contributed by atoms with Crippen LogP contribution in [-0.2, 0) is 4.79 Å². The number of nitrogens with zero attached hydrogens (tertiary/aromatic N) is 1. The zero-order valence-corrected chi connectivity index (χ0v) is 12.0.